The van der Waals surface area contributed by atoms with E-state index in [-0.39, 0.29) is 5.97 Å². The highest BCUT2D eigenvalue weighted by Gasteiger charge is 2.11. The molecule has 24 heavy (non-hydrogen) atoms. The van der Waals surface area contributed by atoms with E-state index in [1.807, 2.05) is 43.3 Å². The van der Waals surface area contributed by atoms with Crippen LogP contribution in [-0.2, 0) is 16.0 Å². The molecule has 0 aliphatic heterocycles. The predicted molar refractivity (Wildman–Crippen MR) is 96.3 cm³/mol. The summed E-state index contributed by atoms with van der Waals surface area (Å²) in [6, 6.07) is 16.2. The lowest BCUT2D eigenvalue weighted by Crippen LogP contribution is -2.07. The number of ether oxygens (including phenoxy) is 1. The number of esters is 1. The number of rotatable bonds is 4. The van der Waals surface area contributed by atoms with Gasteiger partial charge in [-0.1, -0.05) is 47.7 Å². The summed E-state index contributed by atoms with van der Waals surface area (Å²) in [6.07, 6.45) is 2.37. The molecule has 0 aliphatic carbocycles. The maximum absolute atomic E-state index is 11.6. The lowest BCUT2D eigenvalue weighted by atomic mass is 10.1. The highest BCUT2D eigenvalue weighted by atomic mass is 32.1. The van der Waals surface area contributed by atoms with E-state index in [0.717, 1.165) is 32.0 Å². The normalized spacial score (nSPS) is 11.2. The summed E-state index contributed by atoms with van der Waals surface area (Å²) in [6.45, 7) is 2.23. The first-order valence-corrected chi connectivity index (χ1v) is 8.68. The largest absolute Gasteiger partial charge is 0.466 e. The summed E-state index contributed by atoms with van der Waals surface area (Å²) in [7, 11) is 0. The van der Waals surface area contributed by atoms with E-state index in [9.17, 15) is 4.79 Å². The van der Waals surface area contributed by atoms with Gasteiger partial charge in [0.25, 0.3) is 0 Å². The summed E-state index contributed by atoms with van der Waals surface area (Å²) in [5.74, 6) is -0.190. The minimum Gasteiger partial charge on any atom is -0.466 e. The maximum atomic E-state index is 11.6. The number of imidazole rings is 1. The van der Waals surface area contributed by atoms with Gasteiger partial charge in [-0.15, -0.1) is 0 Å². The molecule has 2 aromatic heterocycles. The van der Waals surface area contributed by atoms with Gasteiger partial charge in [0, 0.05) is 11.8 Å². The van der Waals surface area contributed by atoms with Crippen molar-refractivity contribution in [1.29, 1.82) is 0 Å². The zero-order valence-corrected chi connectivity index (χ0v) is 14.0. The van der Waals surface area contributed by atoms with Crippen LogP contribution in [0.1, 0.15) is 12.5 Å². The summed E-state index contributed by atoms with van der Waals surface area (Å²) >= 11 is 1.63. The van der Waals surface area contributed by atoms with E-state index in [4.69, 9.17) is 9.72 Å². The van der Waals surface area contributed by atoms with E-state index in [1.165, 1.54) is 0 Å². The van der Waals surface area contributed by atoms with Gasteiger partial charge in [0.05, 0.1) is 28.9 Å². The fraction of sp³-hybridized carbons (Fsp3) is 0.158. The molecular weight excluding hydrogens is 320 g/mol. The SMILES string of the molecule is CCOC(=O)Cc1ccc2c(c1)sc1nc(-c3ccccc3)cn12. The van der Waals surface area contributed by atoms with Crippen molar-refractivity contribution in [3.8, 4) is 11.3 Å². The molecule has 0 amide bonds. The molecule has 0 saturated carbocycles. The van der Waals surface area contributed by atoms with Gasteiger partial charge in [-0.05, 0) is 24.6 Å². The van der Waals surface area contributed by atoms with Crippen LogP contribution in [0.4, 0.5) is 0 Å². The Morgan fingerprint density at radius 2 is 2.04 bits per heavy atom. The molecule has 0 atom stereocenters. The Balaban J connectivity index is 1.71. The molecule has 0 spiro atoms. The van der Waals surface area contributed by atoms with E-state index >= 15 is 0 Å². The highest BCUT2D eigenvalue weighted by molar-refractivity contribution is 7.23. The zero-order chi connectivity index (χ0) is 16.5. The third kappa shape index (κ3) is 2.67. The number of nitrogens with zero attached hydrogens (tertiary/aromatic N) is 2. The van der Waals surface area contributed by atoms with E-state index in [0.29, 0.717) is 13.0 Å². The number of hydrogen-bond donors (Lipinski definition) is 0. The number of hydrogen-bond acceptors (Lipinski definition) is 4. The van der Waals surface area contributed by atoms with Crippen LogP contribution < -0.4 is 0 Å². The van der Waals surface area contributed by atoms with Crippen molar-refractivity contribution in [3.05, 3.63) is 60.3 Å². The first kappa shape index (κ1) is 14.9. The molecule has 2 heterocycles. The van der Waals surface area contributed by atoms with Gasteiger partial charge in [-0.25, -0.2) is 4.98 Å². The number of benzene rings is 2. The van der Waals surface area contributed by atoms with Crippen molar-refractivity contribution in [3.63, 3.8) is 0 Å². The molecule has 4 rings (SSSR count). The molecule has 4 nitrogen and oxygen atoms in total. The van der Waals surface area contributed by atoms with Crippen LogP contribution in [0.2, 0.25) is 0 Å². The Morgan fingerprint density at radius 1 is 1.21 bits per heavy atom. The van der Waals surface area contributed by atoms with Crippen LogP contribution in [0, 0.1) is 0 Å². The molecular formula is C19H16N2O2S. The first-order valence-electron chi connectivity index (χ1n) is 7.86. The van der Waals surface area contributed by atoms with E-state index < -0.39 is 0 Å². The summed E-state index contributed by atoms with van der Waals surface area (Å²) < 4.78 is 8.25. The number of aromatic nitrogens is 2. The smallest absolute Gasteiger partial charge is 0.310 e. The van der Waals surface area contributed by atoms with Gasteiger partial charge < -0.3 is 4.74 Å². The molecule has 0 N–H and O–H groups in total. The molecule has 0 saturated heterocycles. The molecule has 0 unspecified atom stereocenters. The van der Waals surface area contributed by atoms with Gasteiger partial charge in [0.2, 0.25) is 0 Å². The quantitative estimate of drug-likeness (QED) is 0.521. The molecule has 0 radical (unpaired) electrons. The third-order valence-electron chi connectivity index (χ3n) is 3.88. The van der Waals surface area contributed by atoms with Crippen LogP contribution >= 0.6 is 11.3 Å². The van der Waals surface area contributed by atoms with E-state index in [1.54, 1.807) is 11.3 Å². The molecule has 4 aromatic rings. The van der Waals surface area contributed by atoms with E-state index in [2.05, 4.69) is 22.7 Å². The molecule has 5 heteroatoms. The van der Waals surface area contributed by atoms with Crippen LogP contribution in [0.15, 0.2) is 54.7 Å². The lowest BCUT2D eigenvalue weighted by molar-refractivity contribution is -0.142. The van der Waals surface area contributed by atoms with Crippen molar-refractivity contribution < 1.29 is 9.53 Å². The summed E-state index contributed by atoms with van der Waals surface area (Å²) in [5, 5.41) is 0. The average molecular weight is 336 g/mol. The number of carbonyl (C=O) groups excluding carboxylic acids is 1. The Labute approximate surface area is 143 Å². The second-order valence-electron chi connectivity index (χ2n) is 5.53. The minimum atomic E-state index is -0.190. The average Bonchev–Trinajstić information content (AvgIpc) is 3.13. The summed E-state index contributed by atoms with van der Waals surface area (Å²) in [4.78, 5) is 17.3. The Hall–Kier alpha value is -2.66. The van der Waals surface area contributed by atoms with Gasteiger partial charge in [-0.3, -0.25) is 9.20 Å². The van der Waals surface area contributed by atoms with Crippen molar-refractivity contribution in [2.75, 3.05) is 6.61 Å². The Morgan fingerprint density at radius 3 is 2.83 bits per heavy atom. The molecule has 0 fully saturated rings. The topological polar surface area (TPSA) is 43.6 Å². The molecule has 0 bridgehead atoms. The van der Waals surface area contributed by atoms with Crippen LogP contribution in [0.5, 0.6) is 0 Å². The number of fused-ring (bicyclic) bond motifs is 3. The van der Waals surface area contributed by atoms with Gasteiger partial charge in [0.1, 0.15) is 0 Å². The van der Waals surface area contributed by atoms with Crippen molar-refractivity contribution in [1.82, 2.24) is 9.38 Å². The predicted octanol–water partition coefficient (Wildman–Crippen LogP) is 4.32. The van der Waals surface area contributed by atoms with Crippen molar-refractivity contribution >= 4 is 32.5 Å². The first-order chi connectivity index (χ1) is 11.7. The zero-order valence-electron chi connectivity index (χ0n) is 13.2. The maximum Gasteiger partial charge on any atom is 0.310 e. The number of thiazole rings is 1. The molecule has 120 valence electrons. The van der Waals surface area contributed by atoms with Gasteiger partial charge in [0.15, 0.2) is 4.96 Å². The van der Waals surface area contributed by atoms with Crippen LogP contribution in [0.3, 0.4) is 0 Å². The fourth-order valence-electron chi connectivity index (χ4n) is 2.78. The number of carbonyl (C=O) groups is 1. The monoisotopic (exact) mass is 336 g/mol. The van der Waals surface area contributed by atoms with Crippen LogP contribution in [-0.4, -0.2) is 22.0 Å². The second kappa shape index (κ2) is 6.09. The van der Waals surface area contributed by atoms with Crippen molar-refractivity contribution in [2.45, 2.75) is 13.3 Å². The standard InChI is InChI=1S/C19H16N2O2S/c1-2-23-18(22)11-13-8-9-16-17(10-13)24-19-20-15(12-21(16)19)14-6-4-3-5-7-14/h3-10,12H,2,11H2,1H3. The highest BCUT2D eigenvalue weighted by Crippen LogP contribution is 2.30. The molecule has 0 aliphatic rings. The lowest BCUT2D eigenvalue weighted by Gasteiger charge is -2.02. The Kier molecular flexibility index (Phi) is 3.78. The van der Waals surface area contributed by atoms with Crippen LogP contribution in [0.25, 0.3) is 26.4 Å². The fourth-order valence-corrected chi connectivity index (χ4v) is 3.85. The second-order valence-corrected chi connectivity index (χ2v) is 6.54. The Bertz CT molecular complexity index is 1020. The summed E-state index contributed by atoms with van der Waals surface area (Å²) in [5.41, 5.74) is 4.16. The minimum absolute atomic E-state index is 0.190. The molecule has 2 aromatic carbocycles. The van der Waals surface area contributed by atoms with Gasteiger partial charge in [-0.2, -0.15) is 0 Å². The third-order valence-corrected chi connectivity index (χ3v) is 4.90. The van der Waals surface area contributed by atoms with Crippen molar-refractivity contribution in [2.24, 2.45) is 0 Å². The van der Waals surface area contributed by atoms with Gasteiger partial charge >= 0.3 is 5.97 Å².